The van der Waals surface area contributed by atoms with Gasteiger partial charge in [0.05, 0.1) is 13.0 Å². The number of aliphatic hydroxyl groups is 1. The second-order valence-corrected chi connectivity index (χ2v) is 30.7. The Balaban J connectivity index is 0.00000450. The van der Waals surface area contributed by atoms with E-state index in [1.807, 2.05) is 61.6 Å². The number of amides is 17. The molecule has 0 spiro atoms. The molecule has 0 bridgehead atoms. The van der Waals surface area contributed by atoms with Crippen molar-refractivity contribution < 1.29 is 92.4 Å². The van der Waals surface area contributed by atoms with Gasteiger partial charge in [0.1, 0.15) is 66.5 Å². The minimum atomic E-state index is -1.92. The monoisotopic (exact) mass is 1710 g/mol. The lowest BCUT2D eigenvalue weighted by Gasteiger charge is -2.31. The number of pyridine rings is 1. The van der Waals surface area contributed by atoms with Gasteiger partial charge < -0.3 is 101 Å². The van der Waals surface area contributed by atoms with Gasteiger partial charge in [-0.2, -0.15) is 0 Å². The number of primary amides is 2. The van der Waals surface area contributed by atoms with Crippen LogP contribution in [0.1, 0.15) is 121 Å². The molecule has 2 aliphatic heterocycles. The Hall–Kier alpha value is -13.0. The van der Waals surface area contributed by atoms with Crippen LogP contribution in [-0.2, 0) is 99.2 Å². The fourth-order valence-corrected chi connectivity index (χ4v) is 13.5. The first-order valence-electron chi connectivity index (χ1n) is 39.6. The maximum atomic E-state index is 15.5. The summed E-state index contributed by atoms with van der Waals surface area (Å²) in [5.74, 6) is -11.8. The van der Waals surface area contributed by atoms with E-state index in [-0.39, 0.29) is 92.3 Å². The zero-order chi connectivity index (χ0) is 88.6. The third kappa shape index (κ3) is 32.3. The van der Waals surface area contributed by atoms with Crippen molar-refractivity contribution in [3.63, 3.8) is 0 Å². The molecule has 0 unspecified atom stereocenters. The number of aliphatic carboxylic acids is 1. The Morgan fingerprint density at radius 2 is 1.01 bits per heavy atom. The molecular formula is C84H109ClN18O19. The highest BCUT2D eigenvalue weighted by atomic mass is 35.5. The first kappa shape index (κ1) is 97.8. The fraction of sp³-hybridized carbons (Fsp3) is 0.417. The van der Waals surface area contributed by atoms with E-state index in [9.17, 15) is 62.6 Å². The summed E-state index contributed by atoms with van der Waals surface area (Å²) >= 11 is 6.27. The van der Waals surface area contributed by atoms with Crippen molar-refractivity contribution in [2.45, 2.75) is 198 Å². The van der Waals surface area contributed by atoms with E-state index in [0.717, 1.165) is 17.7 Å². The van der Waals surface area contributed by atoms with Crippen LogP contribution >= 0.6 is 11.6 Å². The molecule has 6 aromatic rings. The van der Waals surface area contributed by atoms with Crippen molar-refractivity contribution in [3.05, 3.63) is 173 Å². The summed E-state index contributed by atoms with van der Waals surface area (Å²) in [4.78, 5) is 222. The van der Waals surface area contributed by atoms with Crippen molar-refractivity contribution in [2.75, 3.05) is 30.3 Å². The number of carbonyl (C=O) groups excluding carboxylic acids is 15. The molecule has 5 aromatic carbocycles. The number of fused-ring (bicyclic) bond motifs is 1. The largest absolute Gasteiger partial charge is 0.481 e. The summed E-state index contributed by atoms with van der Waals surface area (Å²) < 4.78 is 0. The second kappa shape index (κ2) is 48.3. The van der Waals surface area contributed by atoms with E-state index >= 15 is 14.4 Å². The predicted molar refractivity (Wildman–Crippen MR) is 451 cm³/mol. The number of rotatable bonds is 41. The van der Waals surface area contributed by atoms with Gasteiger partial charge in [-0.3, -0.25) is 77.4 Å². The molecule has 2 fully saturated rings. The quantitative estimate of drug-likeness (QED) is 0.0236. The third-order valence-corrected chi connectivity index (χ3v) is 19.7. The molecule has 656 valence electrons. The molecule has 0 radical (unpaired) electrons. The number of benzene rings is 5. The standard InChI is InChI=1S/C82H103ClN18O16.C2H4O2.H2O/c1-45(2)35-60(72(107)92-59(16-9-10-33-87-46(3)4)80(115)101-34-12-17-68(101)79(114)88-47(5)70(84)105)93-74(109)63(38-51-23-30-58(31-24-51)91-81(85)116)95-76(111)64(39-50-21-28-57(29-22-50)90-71(106)66-42-69(104)100-82(117)99-66)97-78(113)67(44-102)98-77(112)65(41-53-13-11-32-86-43-53)96-75(110)62(37-49-19-26-56(83)27-20-49)94-73(108)61(89-48(6)103)40-52-18-25-54-14-7-8-15-55(54)36-52;1-2(3)4;/h7-8,11,13-15,18-32,36,43,45-47,59-68,87,102H,9-10,12,16-17,33-35,37-42,44H2,1-6H3,(H2,84,105)(H,88,114)(H,89,103)(H,90,106)(H,92,107)(H,93,109)(H,94,108)(H,95,111)(H,96,110)(H,97,113)(H,98,112)(H3,85,91,116)(H2,99,100,104,117);1H3,(H,3,4);1H2/t47-,59+,60+,61-,62-,63-,64+,65-,66+,67+,68+;;/m1../s1. The average Bonchev–Trinajstić information content (AvgIpc) is 1.87. The summed E-state index contributed by atoms with van der Waals surface area (Å²) in [6.07, 6.45) is 3.04. The van der Waals surface area contributed by atoms with Gasteiger partial charge in [-0.25, -0.2) is 9.59 Å². The van der Waals surface area contributed by atoms with Crippen LogP contribution < -0.4 is 85.9 Å². The summed E-state index contributed by atoms with van der Waals surface area (Å²) in [7, 11) is 0. The number of nitrogens with zero attached hydrogens (tertiary/aromatic N) is 2. The molecule has 122 heavy (non-hydrogen) atoms. The van der Waals surface area contributed by atoms with Gasteiger partial charge in [-0.1, -0.05) is 124 Å². The van der Waals surface area contributed by atoms with E-state index < -0.39 is 174 Å². The van der Waals surface area contributed by atoms with Crippen LogP contribution in [0.4, 0.5) is 21.0 Å². The van der Waals surface area contributed by atoms with Crippen molar-refractivity contribution in [1.29, 1.82) is 0 Å². The molecule has 17 amide bonds. The van der Waals surface area contributed by atoms with Gasteiger partial charge in [0.15, 0.2) is 0 Å². The first-order chi connectivity index (χ1) is 57.5. The molecule has 0 saturated carbocycles. The Kier molecular flexibility index (Phi) is 38.7. The lowest BCUT2D eigenvalue weighted by Crippen LogP contribution is -2.62. The topological polar surface area (TPSA) is 582 Å². The Morgan fingerprint density at radius 1 is 0.541 bits per heavy atom. The Labute approximate surface area is 709 Å². The number of imide groups is 1. The number of aromatic nitrogens is 1. The third-order valence-electron chi connectivity index (χ3n) is 19.4. The summed E-state index contributed by atoms with van der Waals surface area (Å²) in [5, 5.41) is 57.8. The highest BCUT2D eigenvalue weighted by molar-refractivity contribution is 6.30. The second-order valence-electron chi connectivity index (χ2n) is 30.3. The number of carboxylic acids is 1. The van der Waals surface area contributed by atoms with Crippen LogP contribution in [-0.4, -0.2) is 213 Å². The van der Waals surface area contributed by atoms with Crippen LogP contribution in [0.15, 0.2) is 140 Å². The van der Waals surface area contributed by atoms with Crippen LogP contribution in [0.2, 0.25) is 5.02 Å². The first-order valence-corrected chi connectivity index (χ1v) is 40.0. The van der Waals surface area contributed by atoms with Crippen molar-refractivity contribution in [1.82, 2.24) is 73.7 Å². The molecule has 2 saturated heterocycles. The van der Waals surface area contributed by atoms with Gasteiger partial charge in [-0.05, 0) is 139 Å². The average molecular weight is 1710 g/mol. The maximum Gasteiger partial charge on any atom is 0.322 e. The van der Waals surface area contributed by atoms with Crippen LogP contribution in [0, 0.1) is 5.92 Å². The van der Waals surface area contributed by atoms with Crippen molar-refractivity contribution in [2.24, 2.45) is 17.4 Å². The van der Waals surface area contributed by atoms with E-state index in [1.54, 1.807) is 50.2 Å². The van der Waals surface area contributed by atoms with Crippen LogP contribution in [0.5, 0.6) is 0 Å². The van der Waals surface area contributed by atoms with E-state index in [2.05, 4.69) is 74.1 Å². The number of carboxylic acid groups (broad SMARTS) is 1. The molecular weight excluding hydrogens is 1600 g/mol. The number of nitrogens with two attached hydrogens (primary N) is 2. The molecule has 2 aliphatic rings. The fourth-order valence-electron chi connectivity index (χ4n) is 13.4. The number of unbranched alkanes of at least 4 members (excludes halogenated alkanes) is 1. The number of carbonyl (C=O) groups is 16. The van der Waals surface area contributed by atoms with Gasteiger partial charge >= 0.3 is 12.1 Å². The highest BCUT2D eigenvalue weighted by Gasteiger charge is 2.41. The predicted octanol–water partition coefficient (Wildman–Crippen LogP) is 0.781. The number of hydrogen-bond donors (Lipinski definition) is 18. The highest BCUT2D eigenvalue weighted by Crippen LogP contribution is 2.24. The molecule has 11 atom stereocenters. The number of halogens is 1. The van der Waals surface area contributed by atoms with E-state index in [4.69, 9.17) is 33.0 Å². The lowest BCUT2D eigenvalue weighted by molar-refractivity contribution is -0.142. The summed E-state index contributed by atoms with van der Waals surface area (Å²) in [6.45, 7) is 10.8. The molecule has 8 rings (SSSR count). The Morgan fingerprint density at radius 3 is 1.50 bits per heavy atom. The minimum Gasteiger partial charge on any atom is -0.481 e. The van der Waals surface area contributed by atoms with E-state index in [0.29, 0.717) is 53.1 Å². The number of likely N-dealkylation sites (tertiary alicyclic amines) is 1. The number of hydrogen-bond acceptors (Lipinski definition) is 19. The van der Waals surface area contributed by atoms with Gasteiger partial charge in [-0.15, -0.1) is 0 Å². The van der Waals surface area contributed by atoms with Crippen LogP contribution in [0.25, 0.3) is 10.8 Å². The van der Waals surface area contributed by atoms with Gasteiger partial charge in [0.25, 0.3) is 5.97 Å². The number of aliphatic hydroxyl groups excluding tert-OH is 1. The van der Waals surface area contributed by atoms with Crippen molar-refractivity contribution in [3.8, 4) is 0 Å². The maximum absolute atomic E-state index is 15.5. The lowest BCUT2D eigenvalue weighted by atomic mass is 9.99. The van der Waals surface area contributed by atoms with Gasteiger partial charge in [0, 0.05) is 87.3 Å². The normalized spacial score (nSPS) is 15.7. The molecule has 37 nitrogen and oxygen atoms in total. The smallest absolute Gasteiger partial charge is 0.322 e. The summed E-state index contributed by atoms with van der Waals surface area (Å²) in [6, 6.07) is 17.3. The number of nitrogens with one attached hydrogen (secondary N) is 14. The van der Waals surface area contributed by atoms with Crippen LogP contribution in [0.3, 0.4) is 0 Å². The SMILES string of the molecule is CC(=O)N[C@H](Cc1ccc2ccccc2c1)C(=O)N[C@H](Cc1ccc(Cl)cc1)C(=O)N[C@H](Cc1cccnc1)C(=O)N[C@@H](CO)C(=O)N[C@@H](Cc1ccc(NC(=O)[C@@H]2CC(=O)NC(=O)N2)cc1)C(=O)N[C@H](Cc1ccc(NC(N)=O)cc1)C(=O)N[C@@H](CC(C)C)C(=O)N[C@@H](CCCCNC(C)C)C(=O)N1CCC[C@H]1C(=O)N[C@H](C)C(N)=O.CC(=O)O.O. The minimum absolute atomic E-state index is 0. The summed E-state index contributed by atoms with van der Waals surface area (Å²) in [5.41, 5.74) is 13.6. The number of urea groups is 2. The zero-order valence-electron chi connectivity index (χ0n) is 68.7. The van der Waals surface area contributed by atoms with E-state index in [1.165, 1.54) is 79.7 Å². The Bertz CT molecular complexity index is 4640. The molecule has 38 heteroatoms. The molecule has 1 aromatic heterocycles. The van der Waals surface area contributed by atoms with Gasteiger partial charge in [0.2, 0.25) is 76.8 Å². The van der Waals surface area contributed by atoms with Crippen molar-refractivity contribution >= 4 is 129 Å². The molecule has 0 aliphatic carbocycles. The molecule has 3 heterocycles. The zero-order valence-corrected chi connectivity index (χ0v) is 69.5. The number of anilines is 2. The molecule has 22 N–H and O–H groups in total.